The van der Waals surface area contributed by atoms with Crippen molar-refractivity contribution in [2.45, 2.75) is 6.18 Å². The molecule has 2 aromatic carbocycles. The van der Waals surface area contributed by atoms with Crippen LogP contribution in [0.5, 0.6) is 0 Å². The molecule has 0 spiro atoms. The molecule has 3 aromatic rings. The topological polar surface area (TPSA) is 38.9 Å². The van der Waals surface area contributed by atoms with Crippen LogP contribution in [0.15, 0.2) is 59.1 Å². The maximum Gasteiger partial charge on any atom is 0.471 e. The van der Waals surface area contributed by atoms with Crippen LogP contribution in [0.25, 0.3) is 11.4 Å². The molecule has 3 nitrogen and oxygen atoms in total. The number of rotatable bonds is 3. The van der Waals surface area contributed by atoms with Gasteiger partial charge in [-0.1, -0.05) is 70.7 Å². The summed E-state index contributed by atoms with van der Waals surface area (Å²) < 4.78 is 41.5. The predicted molar refractivity (Wildman–Crippen MR) is 77.6 cm³/mol. The Morgan fingerprint density at radius 3 is 2.09 bits per heavy atom. The summed E-state index contributed by atoms with van der Waals surface area (Å²) in [5, 5.41) is 3.36. The maximum atomic E-state index is 12.4. The minimum Gasteiger partial charge on any atom is -0.329 e. The fourth-order valence-electron chi connectivity index (χ4n) is 2.06. The minimum atomic E-state index is -4.63. The summed E-state index contributed by atoms with van der Waals surface area (Å²) in [6, 6.07) is 16.9. The Morgan fingerprint density at radius 1 is 0.864 bits per heavy atom. The van der Waals surface area contributed by atoms with Crippen molar-refractivity contribution >= 4 is 18.2 Å². The molecule has 0 saturated heterocycles. The zero-order valence-electron chi connectivity index (χ0n) is 11.3. The number of hydrogen-bond donors (Lipinski definition) is 0. The van der Waals surface area contributed by atoms with Crippen molar-refractivity contribution in [2.24, 2.45) is 0 Å². The lowest BCUT2D eigenvalue weighted by molar-refractivity contribution is -0.159. The SMILES string of the molecule is FC(F)(F)c1nc(-c2ccc(Bc3ccccc3)cc2)no1. The standard InChI is InChI=1S/C15H10BF3N2O/c17-15(18,19)14-20-13(21-22-14)10-6-8-12(9-7-10)16-11-4-2-1-3-5-11/h1-9,16H. The van der Waals surface area contributed by atoms with Gasteiger partial charge in [0.25, 0.3) is 0 Å². The van der Waals surface area contributed by atoms with Crippen molar-refractivity contribution in [3.05, 3.63) is 60.5 Å². The van der Waals surface area contributed by atoms with Crippen molar-refractivity contribution in [2.75, 3.05) is 0 Å². The molecule has 0 aliphatic rings. The van der Waals surface area contributed by atoms with Crippen LogP contribution in [0.3, 0.4) is 0 Å². The Labute approximate surface area is 125 Å². The highest BCUT2D eigenvalue weighted by Gasteiger charge is 2.38. The third-order valence-electron chi connectivity index (χ3n) is 3.13. The lowest BCUT2D eigenvalue weighted by Crippen LogP contribution is -2.26. The normalized spacial score (nSPS) is 11.4. The van der Waals surface area contributed by atoms with Crippen LogP contribution in [0.1, 0.15) is 5.89 Å². The molecule has 0 atom stereocenters. The van der Waals surface area contributed by atoms with E-state index in [0.717, 1.165) is 18.2 Å². The van der Waals surface area contributed by atoms with Gasteiger partial charge < -0.3 is 4.52 Å². The smallest absolute Gasteiger partial charge is 0.329 e. The summed E-state index contributed by atoms with van der Waals surface area (Å²) in [6.07, 6.45) is -4.63. The van der Waals surface area contributed by atoms with Crippen molar-refractivity contribution in [1.82, 2.24) is 10.1 Å². The summed E-state index contributed by atoms with van der Waals surface area (Å²) >= 11 is 0. The second-order valence-corrected chi connectivity index (χ2v) is 4.78. The maximum absolute atomic E-state index is 12.4. The van der Waals surface area contributed by atoms with Crippen LogP contribution in [-0.4, -0.2) is 17.4 Å². The van der Waals surface area contributed by atoms with Gasteiger partial charge >= 0.3 is 12.1 Å². The zero-order valence-corrected chi connectivity index (χ0v) is 11.3. The quantitative estimate of drug-likeness (QED) is 0.696. The van der Waals surface area contributed by atoms with Crippen molar-refractivity contribution < 1.29 is 17.7 Å². The molecular weight excluding hydrogens is 292 g/mol. The predicted octanol–water partition coefficient (Wildman–Crippen LogP) is 2.14. The summed E-state index contributed by atoms with van der Waals surface area (Å²) in [6.45, 7) is 0. The van der Waals surface area contributed by atoms with Gasteiger partial charge in [-0.3, -0.25) is 0 Å². The highest BCUT2D eigenvalue weighted by molar-refractivity contribution is 6.67. The van der Waals surface area contributed by atoms with Crippen LogP contribution in [0.2, 0.25) is 0 Å². The van der Waals surface area contributed by atoms with Gasteiger partial charge in [0.05, 0.1) is 0 Å². The van der Waals surface area contributed by atoms with Gasteiger partial charge in [0.1, 0.15) is 0 Å². The van der Waals surface area contributed by atoms with Gasteiger partial charge in [-0.05, 0) is 0 Å². The van der Waals surface area contributed by atoms with E-state index in [2.05, 4.69) is 14.7 Å². The summed E-state index contributed by atoms with van der Waals surface area (Å²) in [7, 11) is 0.751. The molecule has 0 unspecified atom stereocenters. The Bertz CT molecular complexity index is 754. The lowest BCUT2D eigenvalue weighted by atomic mass is 9.64. The van der Waals surface area contributed by atoms with E-state index in [1.807, 2.05) is 42.5 Å². The van der Waals surface area contributed by atoms with Gasteiger partial charge in [0, 0.05) is 5.56 Å². The van der Waals surface area contributed by atoms with Crippen LogP contribution in [0.4, 0.5) is 13.2 Å². The van der Waals surface area contributed by atoms with E-state index < -0.39 is 12.1 Å². The Kier molecular flexibility index (Phi) is 3.71. The molecule has 0 aliphatic carbocycles. The third kappa shape index (κ3) is 3.19. The largest absolute Gasteiger partial charge is 0.471 e. The first-order valence-corrected chi connectivity index (χ1v) is 6.56. The number of aromatic nitrogens is 2. The van der Waals surface area contributed by atoms with Gasteiger partial charge in [-0.25, -0.2) is 0 Å². The van der Waals surface area contributed by atoms with E-state index in [-0.39, 0.29) is 5.82 Å². The minimum absolute atomic E-state index is 0.0708. The fourth-order valence-corrected chi connectivity index (χ4v) is 2.06. The summed E-state index contributed by atoms with van der Waals surface area (Å²) in [4.78, 5) is 3.36. The van der Waals surface area contributed by atoms with E-state index >= 15 is 0 Å². The van der Waals surface area contributed by atoms with Gasteiger partial charge in [0.15, 0.2) is 7.28 Å². The summed E-state index contributed by atoms with van der Waals surface area (Å²) in [5.41, 5.74) is 2.69. The Morgan fingerprint density at radius 2 is 1.50 bits per heavy atom. The molecule has 1 aromatic heterocycles. The van der Waals surface area contributed by atoms with E-state index in [0.29, 0.717) is 5.56 Å². The molecule has 1 heterocycles. The van der Waals surface area contributed by atoms with Crippen molar-refractivity contribution in [3.63, 3.8) is 0 Å². The number of benzene rings is 2. The van der Waals surface area contributed by atoms with Crippen molar-refractivity contribution in [1.29, 1.82) is 0 Å². The van der Waals surface area contributed by atoms with E-state index in [1.54, 1.807) is 12.1 Å². The number of alkyl halides is 3. The first-order chi connectivity index (χ1) is 10.5. The molecule has 0 bridgehead atoms. The molecule has 7 heteroatoms. The molecule has 0 amide bonds. The molecule has 0 N–H and O–H groups in total. The van der Waals surface area contributed by atoms with Crippen LogP contribution < -0.4 is 10.9 Å². The van der Waals surface area contributed by atoms with Gasteiger partial charge in [-0.15, -0.1) is 0 Å². The molecule has 22 heavy (non-hydrogen) atoms. The monoisotopic (exact) mass is 302 g/mol. The van der Waals surface area contributed by atoms with E-state index in [9.17, 15) is 13.2 Å². The number of halogens is 3. The highest BCUT2D eigenvalue weighted by atomic mass is 19.4. The Balaban J connectivity index is 1.78. The third-order valence-corrected chi connectivity index (χ3v) is 3.13. The van der Waals surface area contributed by atoms with Crippen LogP contribution in [-0.2, 0) is 6.18 Å². The molecule has 0 radical (unpaired) electrons. The molecule has 0 aliphatic heterocycles. The van der Waals surface area contributed by atoms with Crippen LogP contribution in [0, 0.1) is 0 Å². The van der Waals surface area contributed by atoms with Crippen molar-refractivity contribution in [3.8, 4) is 11.4 Å². The zero-order chi connectivity index (χ0) is 15.6. The van der Waals surface area contributed by atoms with E-state index in [1.165, 1.54) is 0 Å². The average molecular weight is 302 g/mol. The van der Waals surface area contributed by atoms with Crippen LogP contribution >= 0.6 is 0 Å². The highest BCUT2D eigenvalue weighted by Crippen LogP contribution is 2.29. The van der Waals surface area contributed by atoms with E-state index in [4.69, 9.17) is 0 Å². The molecule has 0 saturated carbocycles. The molecule has 0 fully saturated rings. The first kappa shape index (κ1) is 14.4. The average Bonchev–Trinajstić information content (AvgIpc) is 2.99. The molecular formula is C15H10BF3N2O. The summed E-state index contributed by atoms with van der Waals surface area (Å²) in [5.74, 6) is -1.41. The lowest BCUT2D eigenvalue weighted by Gasteiger charge is -2.01. The number of nitrogens with zero attached hydrogens (tertiary/aromatic N) is 2. The molecule has 3 rings (SSSR count). The van der Waals surface area contributed by atoms with Gasteiger partial charge in [-0.2, -0.15) is 18.2 Å². The fraction of sp³-hybridized carbons (Fsp3) is 0.0667. The molecule has 110 valence electrons. The first-order valence-electron chi connectivity index (χ1n) is 6.56. The number of hydrogen-bond acceptors (Lipinski definition) is 3. The van der Waals surface area contributed by atoms with Gasteiger partial charge in [0.2, 0.25) is 5.82 Å². The Hall–Kier alpha value is -2.57. The second kappa shape index (κ2) is 5.67. The second-order valence-electron chi connectivity index (χ2n) is 4.78.